The molecule has 2 rings (SSSR count). The topological polar surface area (TPSA) is 20.2 Å². The van der Waals surface area contributed by atoms with E-state index < -0.39 is 6.10 Å². The molecule has 1 N–H and O–H groups in total. The highest BCUT2D eigenvalue weighted by atomic mass is 79.9. The van der Waals surface area contributed by atoms with Crippen molar-refractivity contribution in [3.05, 3.63) is 67.1 Å². The van der Waals surface area contributed by atoms with Crippen LogP contribution in [-0.4, -0.2) is 5.11 Å². The second-order valence-corrected chi connectivity index (χ2v) is 6.23. The molecule has 0 saturated carbocycles. The molecule has 1 unspecified atom stereocenters. The number of aliphatic hydroxyl groups excluding tert-OH is 1. The summed E-state index contributed by atoms with van der Waals surface area (Å²) in [7, 11) is 0. The predicted molar refractivity (Wildman–Crippen MR) is 84.3 cm³/mol. The first kappa shape index (κ1) is 15.1. The molecule has 0 aliphatic heterocycles. The first-order valence-electron chi connectivity index (χ1n) is 5.54. The fourth-order valence-corrected chi connectivity index (χ4v) is 2.65. The van der Waals surface area contributed by atoms with Gasteiger partial charge in [-0.1, -0.05) is 46.9 Å². The van der Waals surface area contributed by atoms with Gasteiger partial charge in [-0.05, 0) is 51.3 Å². The van der Waals surface area contributed by atoms with Gasteiger partial charge in [-0.25, -0.2) is 0 Å². The Morgan fingerprint density at radius 2 is 1.74 bits per heavy atom. The van der Waals surface area contributed by atoms with Crippen molar-refractivity contribution in [3.8, 4) is 0 Å². The summed E-state index contributed by atoms with van der Waals surface area (Å²) in [5, 5.41) is 11.9. The molecule has 0 aromatic heterocycles. The van der Waals surface area contributed by atoms with Crippen LogP contribution in [0.15, 0.2) is 40.9 Å². The van der Waals surface area contributed by atoms with Crippen LogP contribution in [0.3, 0.4) is 0 Å². The van der Waals surface area contributed by atoms with E-state index in [1.54, 1.807) is 18.2 Å². The van der Waals surface area contributed by atoms with E-state index in [0.717, 1.165) is 15.6 Å². The molecule has 0 amide bonds. The summed E-state index contributed by atoms with van der Waals surface area (Å²) in [4.78, 5) is 0. The van der Waals surface area contributed by atoms with Gasteiger partial charge in [-0.15, -0.1) is 0 Å². The van der Waals surface area contributed by atoms with Crippen molar-refractivity contribution in [3.63, 3.8) is 0 Å². The Morgan fingerprint density at radius 3 is 2.37 bits per heavy atom. The van der Waals surface area contributed by atoms with Crippen molar-refractivity contribution in [1.29, 1.82) is 0 Å². The van der Waals surface area contributed by atoms with Crippen LogP contribution in [0, 0.1) is 0 Å². The van der Waals surface area contributed by atoms with Crippen LogP contribution in [0.25, 0.3) is 0 Å². The highest BCUT2D eigenvalue weighted by molar-refractivity contribution is 9.10. The molecule has 0 fully saturated rings. The van der Waals surface area contributed by atoms with Crippen LogP contribution in [0.4, 0.5) is 0 Å². The zero-order valence-electron chi connectivity index (χ0n) is 9.71. The third-order valence-corrected chi connectivity index (χ3v) is 4.58. The van der Waals surface area contributed by atoms with E-state index in [1.807, 2.05) is 18.2 Å². The second-order valence-electron chi connectivity index (χ2n) is 4.13. The maximum Gasteiger partial charge on any atom is 0.0831 e. The van der Waals surface area contributed by atoms with E-state index >= 15 is 0 Å². The lowest BCUT2D eigenvalue weighted by molar-refractivity contribution is 0.178. The average Bonchev–Trinajstić information content (AvgIpc) is 2.36. The molecule has 1 atom stereocenters. The van der Waals surface area contributed by atoms with Crippen LogP contribution in [0.5, 0.6) is 0 Å². The summed E-state index contributed by atoms with van der Waals surface area (Å²) in [5.74, 6) is 0. The Morgan fingerprint density at radius 1 is 1.00 bits per heavy atom. The molecule has 2 aromatic rings. The van der Waals surface area contributed by atoms with Gasteiger partial charge in [0.25, 0.3) is 0 Å². The molecule has 0 radical (unpaired) electrons. The van der Waals surface area contributed by atoms with E-state index in [4.69, 9.17) is 34.8 Å². The monoisotopic (exact) mass is 378 g/mol. The van der Waals surface area contributed by atoms with Gasteiger partial charge in [0.2, 0.25) is 0 Å². The summed E-state index contributed by atoms with van der Waals surface area (Å²) in [6.07, 6.45) is -0.252. The summed E-state index contributed by atoms with van der Waals surface area (Å²) in [6.45, 7) is 0. The highest BCUT2D eigenvalue weighted by Crippen LogP contribution is 2.29. The Hall–Kier alpha value is -0.250. The number of benzene rings is 2. The van der Waals surface area contributed by atoms with Crippen molar-refractivity contribution in [2.75, 3.05) is 0 Å². The minimum atomic E-state index is -0.663. The second kappa shape index (κ2) is 6.47. The largest absolute Gasteiger partial charge is 0.388 e. The minimum absolute atomic E-state index is 0.411. The summed E-state index contributed by atoms with van der Waals surface area (Å²) >= 11 is 21.3. The lowest BCUT2D eigenvalue weighted by atomic mass is 10.0. The van der Waals surface area contributed by atoms with E-state index in [0.29, 0.717) is 21.5 Å². The van der Waals surface area contributed by atoms with Crippen LogP contribution in [0.1, 0.15) is 17.2 Å². The zero-order valence-corrected chi connectivity index (χ0v) is 13.6. The lowest BCUT2D eigenvalue weighted by Gasteiger charge is -2.13. The number of aliphatic hydroxyl groups is 1. The van der Waals surface area contributed by atoms with Crippen molar-refractivity contribution in [2.45, 2.75) is 12.5 Å². The molecule has 5 heteroatoms. The summed E-state index contributed by atoms with van der Waals surface area (Å²) < 4.78 is 0.801. The average molecular weight is 380 g/mol. The van der Waals surface area contributed by atoms with E-state index in [1.165, 1.54) is 0 Å². The van der Waals surface area contributed by atoms with Gasteiger partial charge in [-0.3, -0.25) is 0 Å². The molecule has 2 aromatic carbocycles. The predicted octanol–water partition coefficient (Wildman–Crippen LogP) is 5.69. The number of rotatable bonds is 3. The number of hydrogen-bond acceptors (Lipinski definition) is 1. The van der Waals surface area contributed by atoms with E-state index in [2.05, 4.69) is 15.9 Å². The Bertz CT molecular complexity index is 601. The maximum atomic E-state index is 10.2. The normalized spacial score (nSPS) is 12.5. The third-order valence-electron chi connectivity index (χ3n) is 2.76. The SMILES string of the molecule is OC(Cc1ccc(Cl)cc1Cl)c1ccc(Br)c(Cl)c1. The highest BCUT2D eigenvalue weighted by Gasteiger charge is 2.12. The maximum absolute atomic E-state index is 10.2. The van der Waals surface area contributed by atoms with Gasteiger partial charge in [0.1, 0.15) is 0 Å². The summed E-state index contributed by atoms with van der Waals surface area (Å²) in [6, 6.07) is 10.6. The van der Waals surface area contributed by atoms with Crippen molar-refractivity contribution in [2.24, 2.45) is 0 Å². The smallest absolute Gasteiger partial charge is 0.0831 e. The quantitative estimate of drug-likeness (QED) is 0.726. The molecule has 100 valence electrons. The van der Waals surface area contributed by atoms with Crippen molar-refractivity contribution < 1.29 is 5.11 Å². The van der Waals surface area contributed by atoms with Crippen LogP contribution in [0.2, 0.25) is 15.1 Å². The fourth-order valence-electron chi connectivity index (χ4n) is 1.73. The van der Waals surface area contributed by atoms with Gasteiger partial charge in [0.05, 0.1) is 11.1 Å². The molecular weight excluding hydrogens is 370 g/mol. The van der Waals surface area contributed by atoms with Gasteiger partial charge in [-0.2, -0.15) is 0 Å². The van der Waals surface area contributed by atoms with Gasteiger partial charge in [0, 0.05) is 20.9 Å². The third kappa shape index (κ3) is 3.87. The molecule has 0 spiro atoms. The molecule has 19 heavy (non-hydrogen) atoms. The van der Waals surface area contributed by atoms with E-state index in [9.17, 15) is 5.11 Å². The molecule has 0 saturated heterocycles. The Balaban J connectivity index is 2.20. The van der Waals surface area contributed by atoms with Gasteiger partial charge in [0.15, 0.2) is 0 Å². The Labute approximate surface area is 135 Å². The van der Waals surface area contributed by atoms with Crippen LogP contribution >= 0.6 is 50.7 Å². The summed E-state index contributed by atoms with van der Waals surface area (Å²) in [5.41, 5.74) is 1.59. The van der Waals surface area contributed by atoms with Crippen molar-refractivity contribution in [1.82, 2.24) is 0 Å². The van der Waals surface area contributed by atoms with Gasteiger partial charge < -0.3 is 5.11 Å². The first-order valence-corrected chi connectivity index (χ1v) is 7.47. The Kier molecular flexibility index (Phi) is 5.15. The number of hydrogen-bond donors (Lipinski definition) is 1. The van der Waals surface area contributed by atoms with E-state index in [-0.39, 0.29) is 0 Å². The minimum Gasteiger partial charge on any atom is -0.388 e. The van der Waals surface area contributed by atoms with Crippen LogP contribution < -0.4 is 0 Å². The number of halogens is 4. The van der Waals surface area contributed by atoms with Gasteiger partial charge >= 0.3 is 0 Å². The molecule has 0 aliphatic carbocycles. The van der Waals surface area contributed by atoms with Crippen molar-refractivity contribution >= 4 is 50.7 Å². The fraction of sp³-hybridized carbons (Fsp3) is 0.143. The first-order chi connectivity index (χ1) is 8.97. The van der Waals surface area contributed by atoms with Crippen LogP contribution in [-0.2, 0) is 6.42 Å². The molecule has 1 nitrogen and oxygen atoms in total. The molecular formula is C14H10BrCl3O. The zero-order chi connectivity index (χ0) is 14.0. The molecule has 0 bridgehead atoms. The molecule has 0 aliphatic rings. The standard InChI is InChI=1S/C14H10BrCl3O/c15-11-4-2-9(5-13(11)18)14(19)6-8-1-3-10(16)7-12(8)17/h1-5,7,14,19H,6H2. The molecule has 0 heterocycles. The lowest BCUT2D eigenvalue weighted by Crippen LogP contribution is -2.02.